The number of carbonyl (C=O) groups excluding carboxylic acids is 1. The number of ether oxygens (including phenoxy) is 1. The van der Waals surface area contributed by atoms with Crippen LogP contribution in [0.5, 0.6) is 0 Å². The molecule has 5 heteroatoms. The van der Waals surface area contributed by atoms with Crippen LogP contribution in [-0.2, 0) is 4.74 Å². The summed E-state index contributed by atoms with van der Waals surface area (Å²) in [6.45, 7) is 5.81. The van der Waals surface area contributed by atoms with E-state index in [9.17, 15) is 4.79 Å². The Balaban J connectivity index is 1.41. The lowest BCUT2D eigenvalue weighted by Crippen LogP contribution is -2.45. The van der Waals surface area contributed by atoms with Crippen LogP contribution in [0.1, 0.15) is 42.2 Å². The van der Waals surface area contributed by atoms with E-state index in [1.165, 1.54) is 5.56 Å². The van der Waals surface area contributed by atoms with E-state index in [1.54, 1.807) is 6.20 Å². The van der Waals surface area contributed by atoms with Crippen molar-refractivity contribution < 1.29 is 9.53 Å². The predicted molar refractivity (Wildman–Crippen MR) is 102 cm³/mol. The van der Waals surface area contributed by atoms with Gasteiger partial charge in [0.1, 0.15) is 5.69 Å². The van der Waals surface area contributed by atoms with Gasteiger partial charge in [-0.25, -0.2) is 0 Å². The minimum Gasteiger partial charge on any atom is -0.372 e. The van der Waals surface area contributed by atoms with Gasteiger partial charge in [0, 0.05) is 36.9 Å². The first-order valence-electron chi connectivity index (χ1n) is 9.32. The number of rotatable bonds is 4. The van der Waals surface area contributed by atoms with Crippen LogP contribution in [0, 0.1) is 0 Å². The fraction of sp³-hybridized carbons (Fsp3) is 0.429. The molecule has 5 nitrogen and oxygen atoms in total. The molecule has 1 aromatic carbocycles. The highest BCUT2D eigenvalue weighted by molar-refractivity contribution is 5.93. The van der Waals surface area contributed by atoms with Crippen molar-refractivity contribution in [3.63, 3.8) is 0 Å². The number of carbonyl (C=O) groups is 1. The molecule has 0 bridgehead atoms. The zero-order valence-electron chi connectivity index (χ0n) is 15.3. The summed E-state index contributed by atoms with van der Waals surface area (Å²) in [5, 5.41) is 3.12. The van der Waals surface area contributed by atoms with Gasteiger partial charge in [-0.1, -0.05) is 30.3 Å². The van der Waals surface area contributed by atoms with E-state index in [4.69, 9.17) is 4.74 Å². The highest BCUT2D eigenvalue weighted by Crippen LogP contribution is 2.40. The van der Waals surface area contributed by atoms with E-state index in [1.807, 2.05) is 30.3 Å². The molecular weight excluding hydrogens is 326 g/mol. The number of aromatic nitrogens is 1. The van der Waals surface area contributed by atoms with Crippen LogP contribution in [0.3, 0.4) is 0 Å². The van der Waals surface area contributed by atoms with Crippen molar-refractivity contribution in [1.29, 1.82) is 0 Å². The number of nitrogens with zero attached hydrogens (tertiary/aromatic N) is 2. The van der Waals surface area contributed by atoms with Crippen LogP contribution in [-0.4, -0.2) is 42.2 Å². The molecule has 1 aromatic heterocycles. The van der Waals surface area contributed by atoms with E-state index >= 15 is 0 Å². The topological polar surface area (TPSA) is 54.5 Å². The smallest absolute Gasteiger partial charge is 0.270 e. The van der Waals surface area contributed by atoms with E-state index < -0.39 is 0 Å². The van der Waals surface area contributed by atoms with Gasteiger partial charge < -0.3 is 15.0 Å². The van der Waals surface area contributed by atoms with Gasteiger partial charge in [0.05, 0.1) is 12.2 Å². The summed E-state index contributed by atoms with van der Waals surface area (Å²) in [6.07, 6.45) is 3.08. The molecule has 1 aliphatic carbocycles. The number of morpholine rings is 1. The van der Waals surface area contributed by atoms with Crippen LogP contribution < -0.4 is 10.2 Å². The Morgan fingerprint density at radius 3 is 2.62 bits per heavy atom. The summed E-state index contributed by atoms with van der Waals surface area (Å²) >= 11 is 0. The second kappa shape index (κ2) is 7.08. The number of pyridine rings is 1. The molecule has 1 saturated heterocycles. The molecule has 4 rings (SSSR count). The molecule has 0 spiro atoms. The Labute approximate surface area is 154 Å². The van der Waals surface area contributed by atoms with E-state index in [0.717, 1.165) is 25.2 Å². The molecule has 136 valence electrons. The molecule has 26 heavy (non-hydrogen) atoms. The number of benzene rings is 1. The Morgan fingerprint density at radius 1 is 1.15 bits per heavy atom. The van der Waals surface area contributed by atoms with Gasteiger partial charge in [0.15, 0.2) is 0 Å². The lowest BCUT2D eigenvalue weighted by molar-refractivity contribution is -0.00522. The van der Waals surface area contributed by atoms with Gasteiger partial charge in [-0.05, 0) is 38.0 Å². The Morgan fingerprint density at radius 2 is 1.88 bits per heavy atom. The maximum atomic E-state index is 12.6. The molecule has 0 radical (unpaired) electrons. The Kier molecular flexibility index (Phi) is 4.64. The molecule has 1 N–H and O–H groups in total. The summed E-state index contributed by atoms with van der Waals surface area (Å²) in [5.74, 6) is 0.328. The van der Waals surface area contributed by atoms with Crippen LogP contribution >= 0.6 is 0 Å². The second-order valence-electron chi connectivity index (χ2n) is 7.39. The van der Waals surface area contributed by atoms with Crippen molar-refractivity contribution in [3.8, 4) is 0 Å². The number of hydrogen-bond donors (Lipinski definition) is 1. The third-order valence-corrected chi connectivity index (χ3v) is 5.10. The Bertz CT molecular complexity index is 770. The van der Waals surface area contributed by atoms with Crippen molar-refractivity contribution in [2.45, 2.75) is 44.4 Å². The molecular formula is C21H25N3O2. The predicted octanol–water partition coefficient (Wildman–Crippen LogP) is 2.98. The summed E-state index contributed by atoms with van der Waals surface area (Å²) < 4.78 is 5.79. The number of hydrogen-bond acceptors (Lipinski definition) is 4. The lowest BCUT2D eigenvalue weighted by atomic mass is 10.1. The molecule has 1 aliphatic heterocycles. The molecule has 1 saturated carbocycles. The molecule has 2 heterocycles. The summed E-state index contributed by atoms with van der Waals surface area (Å²) in [7, 11) is 0. The van der Waals surface area contributed by atoms with Gasteiger partial charge >= 0.3 is 0 Å². The van der Waals surface area contributed by atoms with Gasteiger partial charge in [-0.2, -0.15) is 0 Å². The lowest BCUT2D eigenvalue weighted by Gasteiger charge is -2.36. The number of amides is 1. The van der Waals surface area contributed by atoms with Crippen LogP contribution in [0.4, 0.5) is 5.69 Å². The zero-order chi connectivity index (χ0) is 18.1. The van der Waals surface area contributed by atoms with Crippen molar-refractivity contribution >= 4 is 11.6 Å². The minimum atomic E-state index is -0.0929. The maximum Gasteiger partial charge on any atom is 0.270 e. The molecule has 2 aliphatic rings. The minimum absolute atomic E-state index is 0.0929. The third-order valence-electron chi connectivity index (χ3n) is 5.10. The third kappa shape index (κ3) is 3.73. The molecule has 2 aromatic rings. The average Bonchev–Trinajstić information content (AvgIpc) is 3.41. The first-order valence-corrected chi connectivity index (χ1v) is 9.32. The SMILES string of the molecule is C[C@@H]1CN(c2ccnc(C(=O)N[C@@H]3C[C@H]3c3ccccc3)c2)C[C@@H](C)O1. The number of nitrogens with one attached hydrogen (secondary N) is 1. The summed E-state index contributed by atoms with van der Waals surface area (Å²) in [6, 6.07) is 14.4. The fourth-order valence-corrected chi connectivity index (χ4v) is 3.79. The first-order chi connectivity index (χ1) is 12.6. The summed E-state index contributed by atoms with van der Waals surface area (Å²) in [4.78, 5) is 19.2. The van der Waals surface area contributed by atoms with Crippen LogP contribution in [0.15, 0.2) is 48.7 Å². The van der Waals surface area contributed by atoms with Crippen molar-refractivity contribution in [2.24, 2.45) is 0 Å². The van der Waals surface area contributed by atoms with Crippen molar-refractivity contribution in [1.82, 2.24) is 10.3 Å². The van der Waals surface area contributed by atoms with E-state index in [-0.39, 0.29) is 24.2 Å². The van der Waals surface area contributed by atoms with E-state index in [2.05, 4.69) is 41.2 Å². The first kappa shape index (κ1) is 17.0. The van der Waals surface area contributed by atoms with Gasteiger partial charge in [0.2, 0.25) is 0 Å². The monoisotopic (exact) mass is 351 g/mol. The number of anilines is 1. The molecule has 1 amide bonds. The average molecular weight is 351 g/mol. The summed E-state index contributed by atoms with van der Waals surface area (Å²) in [5.41, 5.74) is 2.80. The van der Waals surface area contributed by atoms with E-state index in [0.29, 0.717) is 11.6 Å². The highest BCUT2D eigenvalue weighted by Gasteiger charge is 2.39. The Hall–Kier alpha value is -2.40. The van der Waals surface area contributed by atoms with Crippen molar-refractivity contribution in [3.05, 3.63) is 59.9 Å². The molecule has 2 fully saturated rings. The normalized spacial score (nSPS) is 27.8. The van der Waals surface area contributed by atoms with Crippen LogP contribution in [0.2, 0.25) is 0 Å². The van der Waals surface area contributed by atoms with Crippen molar-refractivity contribution in [2.75, 3.05) is 18.0 Å². The van der Waals surface area contributed by atoms with Gasteiger partial charge in [0.25, 0.3) is 5.91 Å². The zero-order valence-corrected chi connectivity index (χ0v) is 15.3. The molecule has 4 atom stereocenters. The highest BCUT2D eigenvalue weighted by atomic mass is 16.5. The maximum absolute atomic E-state index is 12.6. The standard InChI is InChI=1S/C21H25N3O2/c1-14-12-24(13-15(2)26-14)17-8-9-22-20(10-17)21(25)23-19-11-18(19)16-6-4-3-5-7-16/h3-10,14-15,18-19H,11-13H2,1-2H3,(H,23,25)/t14-,15-,18+,19-/m1/s1. The second-order valence-corrected chi connectivity index (χ2v) is 7.39. The quantitative estimate of drug-likeness (QED) is 0.920. The molecule has 0 unspecified atom stereocenters. The van der Waals surface area contributed by atoms with Crippen LogP contribution in [0.25, 0.3) is 0 Å². The van der Waals surface area contributed by atoms with Gasteiger partial charge in [-0.3, -0.25) is 9.78 Å². The van der Waals surface area contributed by atoms with Gasteiger partial charge in [-0.15, -0.1) is 0 Å². The fourth-order valence-electron chi connectivity index (χ4n) is 3.79. The largest absolute Gasteiger partial charge is 0.372 e.